The van der Waals surface area contributed by atoms with Crippen LogP contribution in [0.2, 0.25) is 0 Å². The highest BCUT2D eigenvalue weighted by molar-refractivity contribution is 5.98. The summed E-state index contributed by atoms with van der Waals surface area (Å²) in [6.07, 6.45) is 12.6. The molecule has 5 rings (SSSR count). The van der Waals surface area contributed by atoms with Crippen LogP contribution in [0.4, 0.5) is 5.82 Å². The zero-order valence-corrected chi connectivity index (χ0v) is 16.9. The Bertz CT molecular complexity index is 894. The van der Waals surface area contributed by atoms with Crippen molar-refractivity contribution in [3.63, 3.8) is 0 Å². The topological polar surface area (TPSA) is 103 Å². The largest absolute Gasteiger partial charge is 0.383 e. The third-order valence-corrected chi connectivity index (χ3v) is 6.83. The minimum Gasteiger partial charge on any atom is -0.383 e. The van der Waals surface area contributed by atoms with Crippen molar-refractivity contribution in [3.8, 4) is 0 Å². The van der Waals surface area contributed by atoms with Crippen LogP contribution in [0.1, 0.15) is 90.9 Å². The van der Waals surface area contributed by atoms with Crippen molar-refractivity contribution in [2.24, 2.45) is 0 Å². The molecule has 3 heterocycles. The molecule has 2 aromatic rings. The Morgan fingerprint density at radius 3 is 2.55 bits per heavy atom. The molecule has 3 aliphatic rings. The van der Waals surface area contributed by atoms with Crippen LogP contribution in [0, 0.1) is 0 Å². The van der Waals surface area contributed by atoms with E-state index in [1.807, 2.05) is 4.90 Å². The SMILES string of the molecule is Nc1nc(C2CCCC2)ncc1C(=O)N1CCC(n2nnc3c2CCCC3)CC1. The molecule has 2 fully saturated rings. The predicted octanol–water partition coefficient (Wildman–Crippen LogP) is 2.66. The number of carbonyl (C=O) groups is 1. The summed E-state index contributed by atoms with van der Waals surface area (Å²) in [5.41, 5.74) is 9.07. The van der Waals surface area contributed by atoms with Gasteiger partial charge in [-0.15, -0.1) is 5.10 Å². The van der Waals surface area contributed by atoms with Crippen LogP contribution in [0.25, 0.3) is 0 Å². The first-order valence-corrected chi connectivity index (χ1v) is 11.1. The highest BCUT2D eigenvalue weighted by Gasteiger charge is 2.30. The second-order valence-electron chi connectivity index (χ2n) is 8.67. The number of anilines is 1. The first kappa shape index (κ1) is 18.5. The van der Waals surface area contributed by atoms with Gasteiger partial charge in [-0.2, -0.15) is 0 Å². The van der Waals surface area contributed by atoms with Gasteiger partial charge in [-0.3, -0.25) is 4.79 Å². The van der Waals surface area contributed by atoms with E-state index >= 15 is 0 Å². The summed E-state index contributed by atoms with van der Waals surface area (Å²) in [7, 11) is 0. The van der Waals surface area contributed by atoms with E-state index in [-0.39, 0.29) is 5.91 Å². The van der Waals surface area contributed by atoms with Crippen molar-refractivity contribution >= 4 is 11.7 Å². The van der Waals surface area contributed by atoms with Gasteiger partial charge in [0.1, 0.15) is 17.2 Å². The number of nitrogen functional groups attached to an aromatic ring is 1. The Morgan fingerprint density at radius 1 is 1.03 bits per heavy atom. The van der Waals surface area contributed by atoms with Crippen molar-refractivity contribution < 1.29 is 4.79 Å². The fourth-order valence-corrected chi connectivity index (χ4v) is 5.12. The lowest BCUT2D eigenvalue weighted by atomic mass is 9.99. The molecule has 0 bridgehead atoms. The molecule has 8 nitrogen and oxygen atoms in total. The van der Waals surface area contributed by atoms with Gasteiger partial charge in [0.2, 0.25) is 0 Å². The van der Waals surface area contributed by atoms with Crippen LogP contribution in [0.3, 0.4) is 0 Å². The zero-order chi connectivity index (χ0) is 19.8. The lowest BCUT2D eigenvalue weighted by Gasteiger charge is -2.33. The highest BCUT2D eigenvalue weighted by atomic mass is 16.2. The number of rotatable bonds is 3. The Labute approximate surface area is 170 Å². The van der Waals surface area contributed by atoms with E-state index in [1.165, 1.54) is 37.1 Å². The number of hydrogen-bond acceptors (Lipinski definition) is 6. The molecule has 0 atom stereocenters. The third kappa shape index (κ3) is 3.49. The number of carbonyl (C=O) groups excluding carboxylic acids is 1. The lowest BCUT2D eigenvalue weighted by molar-refractivity contribution is 0.0688. The number of hydrogen-bond donors (Lipinski definition) is 1. The fourth-order valence-electron chi connectivity index (χ4n) is 5.12. The van der Waals surface area contributed by atoms with E-state index in [0.29, 0.717) is 36.4 Å². The van der Waals surface area contributed by atoms with Crippen LogP contribution in [-0.2, 0) is 12.8 Å². The van der Waals surface area contributed by atoms with E-state index in [9.17, 15) is 4.79 Å². The Hall–Kier alpha value is -2.51. The number of amides is 1. The predicted molar refractivity (Wildman–Crippen MR) is 108 cm³/mol. The number of nitrogens with zero attached hydrogens (tertiary/aromatic N) is 6. The van der Waals surface area contributed by atoms with Gasteiger partial charge < -0.3 is 10.6 Å². The van der Waals surface area contributed by atoms with Crippen LogP contribution < -0.4 is 5.73 Å². The standard InChI is InChI=1S/C21H29N7O/c22-19-16(13-23-20(24-19)14-5-1-2-6-14)21(29)27-11-9-15(10-12-27)28-18-8-4-3-7-17(18)25-26-28/h13-15H,1-12H2,(H2,22,23,24). The third-order valence-electron chi connectivity index (χ3n) is 6.83. The summed E-state index contributed by atoms with van der Waals surface area (Å²) in [6, 6.07) is 0.326. The van der Waals surface area contributed by atoms with Gasteiger partial charge in [-0.25, -0.2) is 14.6 Å². The number of likely N-dealkylation sites (tertiary alicyclic amines) is 1. The van der Waals surface area contributed by atoms with Crippen LogP contribution >= 0.6 is 0 Å². The smallest absolute Gasteiger partial charge is 0.259 e. The summed E-state index contributed by atoms with van der Waals surface area (Å²) >= 11 is 0. The molecule has 29 heavy (non-hydrogen) atoms. The zero-order valence-electron chi connectivity index (χ0n) is 16.9. The molecule has 1 aliphatic heterocycles. The van der Waals surface area contributed by atoms with Gasteiger partial charge in [-0.1, -0.05) is 18.1 Å². The molecule has 0 aromatic carbocycles. The minimum absolute atomic E-state index is 0.0560. The number of fused-ring (bicyclic) bond motifs is 1. The van der Waals surface area contributed by atoms with Crippen LogP contribution in [0.15, 0.2) is 6.20 Å². The first-order valence-electron chi connectivity index (χ1n) is 11.1. The number of piperidine rings is 1. The maximum atomic E-state index is 13.0. The van der Waals surface area contributed by atoms with Gasteiger partial charge in [0.15, 0.2) is 0 Å². The van der Waals surface area contributed by atoms with Gasteiger partial charge in [0.05, 0.1) is 17.4 Å². The molecular weight excluding hydrogens is 366 g/mol. The number of nitrogens with two attached hydrogens (primary N) is 1. The van der Waals surface area contributed by atoms with Crippen LogP contribution in [-0.4, -0.2) is 48.9 Å². The molecule has 8 heteroatoms. The summed E-state index contributed by atoms with van der Waals surface area (Å²) in [4.78, 5) is 23.8. The molecule has 2 N–H and O–H groups in total. The Kier molecular flexibility index (Phi) is 4.93. The molecule has 1 saturated carbocycles. The van der Waals surface area contributed by atoms with Gasteiger partial charge in [-0.05, 0) is 51.4 Å². The Morgan fingerprint density at radius 2 is 1.79 bits per heavy atom. The van der Waals surface area contributed by atoms with E-state index < -0.39 is 0 Å². The van der Waals surface area contributed by atoms with E-state index in [0.717, 1.165) is 44.3 Å². The van der Waals surface area contributed by atoms with Gasteiger partial charge in [0.25, 0.3) is 5.91 Å². The monoisotopic (exact) mass is 395 g/mol. The van der Waals surface area contributed by atoms with Gasteiger partial charge >= 0.3 is 0 Å². The van der Waals surface area contributed by atoms with Gasteiger partial charge in [0, 0.05) is 25.2 Å². The maximum Gasteiger partial charge on any atom is 0.259 e. The molecule has 154 valence electrons. The molecule has 2 aliphatic carbocycles. The minimum atomic E-state index is -0.0560. The summed E-state index contributed by atoms with van der Waals surface area (Å²) in [6.45, 7) is 1.39. The second kappa shape index (κ2) is 7.72. The highest BCUT2D eigenvalue weighted by Crippen LogP contribution is 2.33. The quantitative estimate of drug-likeness (QED) is 0.857. The van der Waals surface area contributed by atoms with Crippen molar-refractivity contribution in [3.05, 3.63) is 29.0 Å². The summed E-state index contributed by atoms with van der Waals surface area (Å²) in [5, 5.41) is 8.82. The van der Waals surface area contributed by atoms with Crippen molar-refractivity contribution in [1.29, 1.82) is 0 Å². The normalized spacial score (nSPS) is 20.8. The van der Waals surface area contributed by atoms with E-state index in [2.05, 4.69) is 25.0 Å². The number of aromatic nitrogens is 5. The van der Waals surface area contributed by atoms with E-state index in [4.69, 9.17) is 5.73 Å². The molecule has 2 aromatic heterocycles. The molecule has 0 unspecified atom stereocenters. The molecule has 1 amide bonds. The summed E-state index contributed by atoms with van der Waals surface area (Å²) in [5.74, 6) is 1.45. The number of aryl methyl sites for hydroxylation is 1. The average Bonchev–Trinajstić information content (AvgIpc) is 3.44. The molecule has 1 saturated heterocycles. The fraction of sp³-hybridized carbons (Fsp3) is 0.667. The van der Waals surface area contributed by atoms with Crippen LogP contribution in [0.5, 0.6) is 0 Å². The maximum absolute atomic E-state index is 13.0. The van der Waals surface area contributed by atoms with Crippen molar-refractivity contribution in [1.82, 2.24) is 29.9 Å². The van der Waals surface area contributed by atoms with Crippen molar-refractivity contribution in [2.75, 3.05) is 18.8 Å². The molecular formula is C21H29N7O. The Balaban J connectivity index is 1.25. The summed E-state index contributed by atoms with van der Waals surface area (Å²) < 4.78 is 2.13. The lowest BCUT2D eigenvalue weighted by Crippen LogP contribution is -2.40. The average molecular weight is 396 g/mol. The first-order chi connectivity index (χ1) is 14.2. The van der Waals surface area contributed by atoms with E-state index in [1.54, 1.807) is 6.20 Å². The second-order valence-corrected chi connectivity index (χ2v) is 8.67. The molecule has 0 radical (unpaired) electrons. The van der Waals surface area contributed by atoms with Crippen molar-refractivity contribution in [2.45, 2.75) is 76.2 Å². The molecule has 0 spiro atoms.